The van der Waals surface area contributed by atoms with Crippen molar-refractivity contribution in [3.05, 3.63) is 36.7 Å². The Bertz CT molecular complexity index is 362. The SMILES string of the molecule is C.[HH].c1cc2n(c1)Cn1cccc1-2. The molecule has 0 aromatic carbocycles. The van der Waals surface area contributed by atoms with E-state index in [0.717, 1.165) is 6.67 Å². The fraction of sp³-hybridized carbons (Fsp3) is 0.200. The van der Waals surface area contributed by atoms with Gasteiger partial charge >= 0.3 is 0 Å². The smallest absolute Gasteiger partial charge is 0.0989 e. The van der Waals surface area contributed by atoms with Crippen LogP contribution in [0.3, 0.4) is 0 Å². The first-order chi connectivity index (χ1) is 5.45. The molecular formula is C10H14N2. The molecule has 0 atom stereocenters. The molecule has 2 aromatic rings. The van der Waals surface area contributed by atoms with E-state index in [2.05, 4.69) is 45.8 Å². The molecule has 1 aliphatic rings. The molecule has 64 valence electrons. The first-order valence-electron chi connectivity index (χ1n) is 3.76. The standard InChI is InChI=1S/C9H8N2.CH4.H2/c1-3-8-9-4-2-6-11(9)7-10(8)5-1;;/h1-6H,7H2;1H4;1H. The maximum Gasteiger partial charge on any atom is 0.0989 e. The molecule has 0 aliphatic carbocycles. The molecule has 0 amide bonds. The number of rotatable bonds is 0. The monoisotopic (exact) mass is 162 g/mol. The lowest BCUT2D eigenvalue weighted by Gasteiger charge is -1.94. The molecule has 0 N–H and O–H groups in total. The molecule has 0 spiro atoms. The number of aromatic nitrogens is 2. The maximum absolute atomic E-state index is 2.25. The van der Waals surface area contributed by atoms with Crippen molar-refractivity contribution in [1.29, 1.82) is 0 Å². The van der Waals surface area contributed by atoms with Gasteiger partial charge in [-0.1, -0.05) is 7.43 Å². The Morgan fingerprint density at radius 3 is 2.00 bits per heavy atom. The summed E-state index contributed by atoms with van der Waals surface area (Å²) in [6.45, 7) is 0.977. The van der Waals surface area contributed by atoms with Gasteiger partial charge in [0.1, 0.15) is 0 Å². The third-order valence-electron chi connectivity index (χ3n) is 2.23. The summed E-state index contributed by atoms with van der Waals surface area (Å²) in [6, 6.07) is 8.48. The van der Waals surface area contributed by atoms with Crippen molar-refractivity contribution in [2.24, 2.45) is 0 Å². The highest BCUT2D eigenvalue weighted by atomic mass is 15.2. The summed E-state index contributed by atoms with van der Waals surface area (Å²) >= 11 is 0. The molecular weight excluding hydrogens is 148 g/mol. The van der Waals surface area contributed by atoms with Crippen LogP contribution in [0.1, 0.15) is 8.85 Å². The zero-order valence-corrected chi connectivity index (χ0v) is 6.07. The van der Waals surface area contributed by atoms with E-state index in [1.165, 1.54) is 11.4 Å². The quantitative estimate of drug-likeness (QED) is 0.481. The number of hydrogen-bond acceptors (Lipinski definition) is 0. The molecule has 3 rings (SSSR count). The van der Waals surface area contributed by atoms with Crippen molar-refractivity contribution in [2.75, 3.05) is 0 Å². The lowest BCUT2D eigenvalue weighted by Crippen LogP contribution is -1.95. The minimum Gasteiger partial charge on any atom is -0.328 e. The summed E-state index contributed by atoms with van der Waals surface area (Å²) < 4.78 is 4.49. The van der Waals surface area contributed by atoms with Gasteiger partial charge in [0, 0.05) is 13.8 Å². The Hall–Kier alpha value is -1.44. The summed E-state index contributed by atoms with van der Waals surface area (Å²) in [5, 5.41) is 0. The minimum absolute atomic E-state index is 0. The van der Waals surface area contributed by atoms with E-state index in [-0.39, 0.29) is 8.85 Å². The van der Waals surface area contributed by atoms with E-state index in [9.17, 15) is 0 Å². The predicted molar refractivity (Wildman–Crippen MR) is 52.1 cm³/mol. The normalized spacial score (nSPS) is 12.0. The summed E-state index contributed by atoms with van der Waals surface area (Å²) in [5.41, 5.74) is 2.66. The minimum atomic E-state index is 0. The number of nitrogens with zero attached hydrogens (tertiary/aromatic N) is 2. The van der Waals surface area contributed by atoms with Crippen molar-refractivity contribution in [3.63, 3.8) is 0 Å². The van der Waals surface area contributed by atoms with Crippen LogP contribution in [0.25, 0.3) is 11.4 Å². The molecule has 2 nitrogen and oxygen atoms in total. The molecule has 3 heterocycles. The van der Waals surface area contributed by atoms with Gasteiger partial charge in [-0.05, 0) is 24.3 Å². The third-order valence-corrected chi connectivity index (χ3v) is 2.23. The Kier molecular flexibility index (Phi) is 1.37. The van der Waals surface area contributed by atoms with Crippen LogP contribution in [0.5, 0.6) is 0 Å². The molecule has 1 aliphatic heterocycles. The summed E-state index contributed by atoms with van der Waals surface area (Å²) in [5.74, 6) is 0. The average Bonchev–Trinajstić information content (AvgIpc) is 2.52. The Balaban J connectivity index is 0.000000422. The molecule has 2 heteroatoms. The van der Waals surface area contributed by atoms with E-state index in [1.807, 2.05) is 0 Å². The predicted octanol–water partition coefficient (Wildman–Crippen LogP) is 2.66. The highest BCUT2D eigenvalue weighted by Gasteiger charge is 2.14. The first-order valence-corrected chi connectivity index (χ1v) is 3.76. The average molecular weight is 162 g/mol. The molecule has 0 saturated carbocycles. The summed E-state index contributed by atoms with van der Waals surface area (Å²) in [6.07, 6.45) is 4.23. The third kappa shape index (κ3) is 0.694. The van der Waals surface area contributed by atoms with Gasteiger partial charge in [0.25, 0.3) is 0 Å². The van der Waals surface area contributed by atoms with Crippen molar-refractivity contribution in [3.8, 4) is 11.4 Å². The first kappa shape index (κ1) is 7.22. The number of hydrogen-bond donors (Lipinski definition) is 0. The van der Waals surface area contributed by atoms with Crippen LogP contribution in [0.2, 0.25) is 0 Å². The second-order valence-corrected chi connectivity index (χ2v) is 2.87. The lowest BCUT2D eigenvalue weighted by molar-refractivity contribution is 0.670. The molecule has 2 aromatic heterocycles. The van der Waals surface area contributed by atoms with Crippen LogP contribution in [0, 0.1) is 0 Å². The van der Waals surface area contributed by atoms with Crippen LogP contribution in [0.15, 0.2) is 36.7 Å². The van der Waals surface area contributed by atoms with Crippen molar-refractivity contribution in [1.82, 2.24) is 9.13 Å². The van der Waals surface area contributed by atoms with Gasteiger partial charge in [0.05, 0.1) is 18.1 Å². The highest BCUT2D eigenvalue weighted by Crippen LogP contribution is 2.26. The van der Waals surface area contributed by atoms with Gasteiger partial charge in [-0.2, -0.15) is 0 Å². The van der Waals surface area contributed by atoms with Crippen LogP contribution in [-0.4, -0.2) is 9.13 Å². The van der Waals surface area contributed by atoms with Gasteiger partial charge in [-0.25, -0.2) is 0 Å². The van der Waals surface area contributed by atoms with Crippen LogP contribution >= 0.6 is 0 Å². The lowest BCUT2D eigenvalue weighted by atomic mass is 10.3. The zero-order valence-electron chi connectivity index (χ0n) is 6.07. The van der Waals surface area contributed by atoms with E-state index >= 15 is 0 Å². The van der Waals surface area contributed by atoms with Crippen molar-refractivity contribution >= 4 is 0 Å². The van der Waals surface area contributed by atoms with Crippen molar-refractivity contribution in [2.45, 2.75) is 14.1 Å². The van der Waals surface area contributed by atoms with E-state index < -0.39 is 0 Å². The fourth-order valence-electron chi connectivity index (χ4n) is 1.70. The van der Waals surface area contributed by atoms with E-state index in [1.54, 1.807) is 0 Å². The molecule has 0 fully saturated rings. The summed E-state index contributed by atoms with van der Waals surface area (Å²) in [4.78, 5) is 0. The van der Waals surface area contributed by atoms with Gasteiger partial charge in [-0.3, -0.25) is 0 Å². The Labute approximate surface area is 73.5 Å². The molecule has 0 unspecified atom stereocenters. The number of fused-ring (bicyclic) bond motifs is 3. The second kappa shape index (κ2) is 2.27. The molecule has 12 heavy (non-hydrogen) atoms. The zero-order chi connectivity index (χ0) is 7.26. The molecule has 0 bridgehead atoms. The molecule has 0 radical (unpaired) electrons. The maximum atomic E-state index is 2.25. The van der Waals surface area contributed by atoms with Gasteiger partial charge in [-0.15, -0.1) is 0 Å². The van der Waals surface area contributed by atoms with Gasteiger partial charge < -0.3 is 9.13 Å². The van der Waals surface area contributed by atoms with E-state index in [4.69, 9.17) is 0 Å². The Morgan fingerprint density at radius 1 is 1.00 bits per heavy atom. The van der Waals surface area contributed by atoms with E-state index in [0.29, 0.717) is 0 Å². The Morgan fingerprint density at radius 2 is 1.50 bits per heavy atom. The topological polar surface area (TPSA) is 9.86 Å². The largest absolute Gasteiger partial charge is 0.328 e. The second-order valence-electron chi connectivity index (χ2n) is 2.87. The fourth-order valence-corrected chi connectivity index (χ4v) is 1.70. The van der Waals surface area contributed by atoms with Crippen LogP contribution in [0.4, 0.5) is 0 Å². The van der Waals surface area contributed by atoms with Crippen molar-refractivity contribution < 1.29 is 1.43 Å². The molecule has 0 saturated heterocycles. The van der Waals surface area contributed by atoms with Crippen LogP contribution < -0.4 is 0 Å². The summed E-state index contributed by atoms with van der Waals surface area (Å²) in [7, 11) is 0. The van der Waals surface area contributed by atoms with Gasteiger partial charge in [0.15, 0.2) is 0 Å². The highest BCUT2D eigenvalue weighted by molar-refractivity contribution is 5.58. The van der Waals surface area contributed by atoms with Crippen LogP contribution in [-0.2, 0) is 6.67 Å². The van der Waals surface area contributed by atoms with Gasteiger partial charge in [0.2, 0.25) is 0 Å².